The van der Waals surface area contributed by atoms with E-state index >= 15 is 0 Å². The summed E-state index contributed by atoms with van der Waals surface area (Å²) >= 11 is 0. The zero-order valence-corrected chi connectivity index (χ0v) is 11.8. The van der Waals surface area contributed by atoms with Crippen LogP contribution in [-0.2, 0) is 4.79 Å². The summed E-state index contributed by atoms with van der Waals surface area (Å²) < 4.78 is 0. The van der Waals surface area contributed by atoms with Crippen molar-refractivity contribution >= 4 is 5.97 Å². The molecule has 1 saturated heterocycles. The number of aliphatic hydroxyl groups is 1. The van der Waals surface area contributed by atoms with Crippen molar-refractivity contribution in [2.75, 3.05) is 6.54 Å². The van der Waals surface area contributed by atoms with E-state index < -0.39 is 5.97 Å². The van der Waals surface area contributed by atoms with Crippen LogP contribution in [0.4, 0.5) is 0 Å². The monoisotopic (exact) mass is 269 g/mol. The minimum atomic E-state index is -0.702. The van der Waals surface area contributed by atoms with Crippen LogP contribution < -0.4 is 0 Å². The van der Waals surface area contributed by atoms with Crippen molar-refractivity contribution in [1.82, 2.24) is 4.90 Å². The maximum atomic E-state index is 10.8. The molecule has 0 amide bonds. The fourth-order valence-corrected chi connectivity index (χ4v) is 3.71. The molecule has 0 aromatic heterocycles. The number of hydrogen-bond donors (Lipinski definition) is 2. The Morgan fingerprint density at radius 2 is 1.79 bits per heavy atom. The SMILES string of the molecule is O=C(O)CCC1CCCCN1C1CCCCCC1O. The molecule has 4 nitrogen and oxygen atoms in total. The Hall–Kier alpha value is -0.610. The predicted molar refractivity (Wildman–Crippen MR) is 74.1 cm³/mol. The Labute approximate surface area is 115 Å². The third kappa shape index (κ3) is 4.18. The van der Waals surface area contributed by atoms with E-state index in [9.17, 15) is 9.90 Å². The van der Waals surface area contributed by atoms with E-state index in [0.29, 0.717) is 6.04 Å². The molecule has 2 N–H and O–H groups in total. The number of carbonyl (C=O) groups is 1. The van der Waals surface area contributed by atoms with Gasteiger partial charge in [0.25, 0.3) is 0 Å². The molecular formula is C15H27NO3. The van der Waals surface area contributed by atoms with Crippen LogP contribution >= 0.6 is 0 Å². The van der Waals surface area contributed by atoms with Crippen molar-refractivity contribution in [3.63, 3.8) is 0 Å². The zero-order valence-electron chi connectivity index (χ0n) is 11.8. The van der Waals surface area contributed by atoms with Gasteiger partial charge in [-0.25, -0.2) is 0 Å². The molecule has 0 radical (unpaired) electrons. The first-order valence-electron chi connectivity index (χ1n) is 7.84. The lowest BCUT2D eigenvalue weighted by atomic mass is 9.92. The zero-order chi connectivity index (χ0) is 13.7. The van der Waals surface area contributed by atoms with Crippen molar-refractivity contribution in [2.24, 2.45) is 0 Å². The van der Waals surface area contributed by atoms with Gasteiger partial charge in [0.2, 0.25) is 0 Å². The molecule has 1 aliphatic heterocycles. The summed E-state index contributed by atoms with van der Waals surface area (Å²) in [6.07, 6.45) is 9.79. The topological polar surface area (TPSA) is 60.8 Å². The first-order chi connectivity index (χ1) is 9.18. The number of aliphatic hydroxyl groups excluding tert-OH is 1. The highest BCUT2D eigenvalue weighted by Crippen LogP contribution is 2.30. The molecule has 0 aromatic carbocycles. The van der Waals surface area contributed by atoms with Gasteiger partial charge in [0.1, 0.15) is 0 Å². The highest BCUT2D eigenvalue weighted by atomic mass is 16.4. The Bertz CT molecular complexity index is 295. The smallest absolute Gasteiger partial charge is 0.303 e. The van der Waals surface area contributed by atoms with Gasteiger partial charge in [0, 0.05) is 18.5 Å². The first kappa shape index (κ1) is 14.8. The molecule has 4 heteroatoms. The van der Waals surface area contributed by atoms with Crippen LogP contribution in [-0.4, -0.2) is 45.8 Å². The number of carboxylic acids is 1. The minimum absolute atomic E-state index is 0.215. The molecule has 0 aromatic rings. The van der Waals surface area contributed by atoms with Gasteiger partial charge in [0.05, 0.1) is 6.10 Å². The number of nitrogens with zero attached hydrogens (tertiary/aromatic N) is 1. The first-order valence-corrected chi connectivity index (χ1v) is 7.84. The number of carboxylic acid groups (broad SMARTS) is 1. The lowest BCUT2D eigenvalue weighted by Crippen LogP contribution is -2.51. The fraction of sp³-hybridized carbons (Fsp3) is 0.933. The van der Waals surface area contributed by atoms with Crippen LogP contribution in [0.2, 0.25) is 0 Å². The molecule has 19 heavy (non-hydrogen) atoms. The molecule has 0 spiro atoms. The quantitative estimate of drug-likeness (QED) is 0.769. The summed E-state index contributed by atoms with van der Waals surface area (Å²) in [7, 11) is 0. The second-order valence-electron chi connectivity index (χ2n) is 6.09. The summed E-state index contributed by atoms with van der Waals surface area (Å²) in [5.74, 6) is -0.702. The van der Waals surface area contributed by atoms with Crippen molar-refractivity contribution in [2.45, 2.75) is 82.4 Å². The van der Waals surface area contributed by atoms with Gasteiger partial charge in [-0.05, 0) is 38.6 Å². The lowest BCUT2D eigenvalue weighted by molar-refractivity contribution is -0.137. The minimum Gasteiger partial charge on any atom is -0.481 e. The second kappa shape index (κ2) is 7.25. The van der Waals surface area contributed by atoms with Crippen molar-refractivity contribution < 1.29 is 15.0 Å². The standard InChI is InChI=1S/C15H27NO3/c17-14-8-3-1-2-7-13(14)16-11-5-4-6-12(16)9-10-15(18)19/h12-14,17H,1-11H2,(H,18,19). The van der Waals surface area contributed by atoms with E-state index in [4.69, 9.17) is 5.11 Å². The van der Waals surface area contributed by atoms with Gasteiger partial charge >= 0.3 is 5.97 Å². The molecule has 1 saturated carbocycles. The number of aliphatic carboxylic acids is 1. The van der Waals surface area contributed by atoms with Crippen LogP contribution in [0.5, 0.6) is 0 Å². The maximum absolute atomic E-state index is 10.8. The van der Waals surface area contributed by atoms with Crippen LogP contribution in [0.1, 0.15) is 64.2 Å². The van der Waals surface area contributed by atoms with Crippen LogP contribution in [0.15, 0.2) is 0 Å². The van der Waals surface area contributed by atoms with Crippen LogP contribution in [0.25, 0.3) is 0 Å². The average molecular weight is 269 g/mol. The molecule has 3 unspecified atom stereocenters. The highest BCUT2D eigenvalue weighted by molar-refractivity contribution is 5.66. The van der Waals surface area contributed by atoms with E-state index in [2.05, 4.69) is 4.90 Å². The molecule has 3 atom stereocenters. The highest BCUT2D eigenvalue weighted by Gasteiger charge is 2.33. The second-order valence-corrected chi connectivity index (χ2v) is 6.09. The van der Waals surface area contributed by atoms with Crippen LogP contribution in [0, 0.1) is 0 Å². The average Bonchev–Trinajstić information content (AvgIpc) is 2.61. The van der Waals surface area contributed by atoms with Crippen molar-refractivity contribution in [3.05, 3.63) is 0 Å². The molecule has 1 heterocycles. The largest absolute Gasteiger partial charge is 0.481 e. The third-order valence-corrected chi connectivity index (χ3v) is 4.73. The molecule has 2 rings (SSSR count). The Balaban J connectivity index is 1.98. The Kier molecular flexibility index (Phi) is 5.64. The fourth-order valence-electron chi connectivity index (χ4n) is 3.71. The van der Waals surface area contributed by atoms with Gasteiger partial charge in [-0.15, -0.1) is 0 Å². The third-order valence-electron chi connectivity index (χ3n) is 4.73. The van der Waals surface area contributed by atoms with Crippen molar-refractivity contribution in [1.29, 1.82) is 0 Å². The summed E-state index contributed by atoms with van der Waals surface area (Å²) in [5.41, 5.74) is 0. The van der Waals surface area contributed by atoms with Gasteiger partial charge in [-0.1, -0.05) is 25.7 Å². The van der Waals surface area contributed by atoms with E-state index in [-0.39, 0.29) is 18.6 Å². The normalized spacial score (nSPS) is 33.8. The van der Waals surface area contributed by atoms with Gasteiger partial charge in [-0.3, -0.25) is 9.69 Å². The van der Waals surface area contributed by atoms with Crippen molar-refractivity contribution in [3.8, 4) is 0 Å². The summed E-state index contributed by atoms with van der Waals surface area (Å²) in [4.78, 5) is 13.2. The van der Waals surface area contributed by atoms with Gasteiger partial charge in [-0.2, -0.15) is 0 Å². The summed E-state index contributed by atoms with van der Waals surface area (Å²) in [6, 6.07) is 0.629. The maximum Gasteiger partial charge on any atom is 0.303 e. The number of hydrogen-bond acceptors (Lipinski definition) is 3. The van der Waals surface area contributed by atoms with E-state index in [0.717, 1.165) is 38.6 Å². The van der Waals surface area contributed by atoms with Gasteiger partial charge < -0.3 is 10.2 Å². The Morgan fingerprint density at radius 1 is 1.05 bits per heavy atom. The number of likely N-dealkylation sites (tertiary alicyclic amines) is 1. The molecule has 110 valence electrons. The number of rotatable bonds is 4. The Morgan fingerprint density at radius 3 is 2.58 bits per heavy atom. The molecule has 2 fully saturated rings. The number of piperidine rings is 1. The van der Waals surface area contributed by atoms with E-state index in [1.54, 1.807) is 0 Å². The van der Waals surface area contributed by atoms with E-state index in [1.165, 1.54) is 25.7 Å². The van der Waals surface area contributed by atoms with E-state index in [1.807, 2.05) is 0 Å². The predicted octanol–water partition coefficient (Wildman–Crippen LogP) is 2.40. The molecule has 2 aliphatic rings. The molecule has 0 bridgehead atoms. The lowest BCUT2D eigenvalue weighted by Gasteiger charge is -2.42. The summed E-state index contributed by atoms with van der Waals surface area (Å²) in [6.45, 7) is 1.03. The summed E-state index contributed by atoms with van der Waals surface area (Å²) in [5, 5.41) is 19.2. The van der Waals surface area contributed by atoms with Crippen LogP contribution in [0.3, 0.4) is 0 Å². The molecule has 1 aliphatic carbocycles. The molecular weight excluding hydrogens is 242 g/mol. The van der Waals surface area contributed by atoms with Gasteiger partial charge in [0.15, 0.2) is 0 Å².